The summed E-state index contributed by atoms with van der Waals surface area (Å²) in [6, 6.07) is 4.79. The van der Waals surface area contributed by atoms with Gasteiger partial charge in [0.05, 0.1) is 27.0 Å². The second-order valence-corrected chi connectivity index (χ2v) is 5.94. The lowest BCUT2D eigenvalue weighted by atomic mass is 10.2. The van der Waals surface area contributed by atoms with E-state index >= 15 is 0 Å². The molecule has 2 aromatic rings. The van der Waals surface area contributed by atoms with Gasteiger partial charge in [0.25, 0.3) is 0 Å². The highest BCUT2D eigenvalue weighted by Gasteiger charge is 2.14. The van der Waals surface area contributed by atoms with E-state index in [4.69, 9.17) is 14.2 Å². The summed E-state index contributed by atoms with van der Waals surface area (Å²) >= 11 is 0. The first-order valence-corrected chi connectivity index (χ1v) is 9.19. The fourth-order valence-electron chi connectivity index (χ4n) is 2.63. The highest BCUT2D eigenvalue weighted by molar-refractivity contribution is 5.90. The standard InChI is InChI=1S/C19H28N6O4/c1-6-20-16-11-17(24-12(2)23-16)21-7-8-22-19(26)25-13-9-14(27-3)18(29-5)15(10-13)28-4/h9-11H,6-8H2,1-5H3,(H2,22,25,26)(H2,20,21,23,24). The summed E-state index contributed by atoms with van der Waals surface area (Å²) in [5.74, 6) is 3.50. The molecule has 10 nitrogen and oxygen atoms in total. The Morgan fingerprint density at radius 1 is 0.931 bits per heavy atom. The van der Waals surface area contributed by atoms with Crippen LogP contribution in [-0.2, 0) is 0 Å². The van der Waals surface area contributed by atoms with E-state index in [1.807, 2.05) is 19.9 Å². The van der Waals surface area contributed by atoms with Crippen LogP contribution in [0.1, 0.15) is 12.7 Å². The zero-order valence-electron chi connectivity index (χ0n) is 17.4. The Balaban J connectivity index is 1.88. The van der Waals surface area contributed by atoms with E-state index in [0.717, 1.165) is 12.4 Å². The zero-order chi connectivity index (χ0) is 21.2. The summed E-state index contributed by atoms with van der Waals surface area (Å²) in [4.78, 5) is 20.8. The molecule has 10 heteroatoms. The average Bonchev–Trinajstić information content (AvgIpc) is 2.70. The van der Waals surface area contributed by atoms with Crippen molar-refractivity contribution >= 4 is 23.4 Å². The number of amides is 2. The fraction of sp³-hybridized carbons (Fsp3) is 0.421. The van der Waals surface area contributed by atoms with Crippen LogP contribution in [0.2, 0.25) is 0 Å². The molecule has 158 valence electrons. The van der Waals surface area contributed by atoms with Gasteiger partial charge in [-0.15, -0.1) is 0 Å². The summed E-state index contributed by atoms with van der Waals surface area (Å²) < 4.78 is 15.8. The molecular weight excluding hydrogens is 376 g/mol. The number of anilines is 3. The van der Waals surface area contributed by atoms with Gasteiger partial charge in [0, 0.05) is 37.8 Å². The van der Waals surface area contributed by atoms with E-state index in [1.54, 1.807) is 12.1 Å². The lowest BCUT2D eigenvalue weighted by Gasteiger charge is -2.15. The number of hydrogen-bond donors (Lipinski definition) is 4. The van der Waals surface area contributed by atoms with Crippen molar-refractivity contribution in [2.75, 3.05) is 56.9 Å². The van der Waals surface area contributed by atoms with Gasteiger partial charge in [0.15, 0.2) is 11.5 Å². The monoisotopic (exact) mass is 404 g/mol. The molecule has 0 atom stereocenters. The minimum absolute atomic E-state index is 0.353. The number of carbonyl (C=O) groups excluding carboxylic acids is 1. The number of nitrogens with one attached hydrogen (secondary N) is 4. The number of nitrogens with zero attached hydrogens (tertiary/aromatic N) is 2. The van der Waals surface area contributed by atoms with Crippen LogP contribution in [0.4, 0.5) is 22.1 Å². The molecule has 0 saturated heterocycles. The van der Waals surface area contributed by atoms with E-state index < -0.39 is 0 Å². The molecule has 4 N–H and O–H groups in total. The number of urea groups is 1. The lowest BCUT2D eigenvalue weighted by molar-refractivity contribution is 0.252. The van der Waals surface area contributed by atoms with Gasteiger partial charge in [-0.2, -0.15) is 0 Å². The summed E-state index contributed by atoms with van der Waals surface area (Å²) in [5, 5.41) is 11.8. The van der Waals surface area contributed by atoms with Crippen LogP contribution in [0.5, 0.6) is 17.2 Å². The molecule has 0 aliphatic heterocycles. The molecule has 0 aliphatic rings. The third-order valence-electron chi connectivity index (χ3n) is 3.84. The SMILES string of the molecule is CCNc1cc(NCCNC(=O)Nc2cc(OC)c(OC)c(OC)c2)nc(C)n1. The Morgan fingerprint density at radius 3 is 2.10 bits per heavy atom. The van der Waals surface area contributed by atoms with Crippen LogP contribution >= 0.6 is 0 Å². The summed E-state index contributed by atoms with van der Waals surface area (Å²) in [5.41, 5.74) is 0.520. The van der Waals surface area contributed by atoms with Gasteiger partial charge in [-0.25, -0.2) is 14.8 Å². The third kappa shape index (κ3) is 6.30. The normalized spacial score (nSPS) is 10.1. The molecule has 2 rings (SSSR count). The minimum atomic E-state index is -0.353. The zero-order valence-corrected chi connectivity index (χ0v) is 17.4. The van der Waals surface area contributed by atoms with Gasteiger partial charge in [-0.3, -0.25) is 0 Å². The molecular formula is C19H28N6O4. The van der Waals surface area contributed by atoms with Crippen LogP contribution in [0.15, 0.2) is 18.2 Å². The molecule has 0 aliphatic carbocycles. The lowest BCUT2D eigenvalue weighted by Crippen LogP contribution is -2.32. The first-order valence-electron chi connectivity index (χ1n) is 9.19. The molecule has 0 saturated carbocycles. The van der Waals surface area contributed by atoms with Crippen LogP contribution in [0, 0.1) is 6.92 Å². The largest absolute Gasteiger partial charge is 0.493 e. The number of hydrogen-bond acceptors (Lipinski definition) is 8. The topological polar surface area (TPSA) is 119 Å². The van der Waals surface area contributed by atoms with Gasteiger partial charge in [0.2, 0.25) is 5.75 Å². The van der Waals surface area contributed by atoms with Crippen molar-refractivity contribution < 1.29 is 19.0 Å². The second kappa shape index (κ2) is 10.8. The van der Waals surface area contributed by atoms with Crippen molar-refractivity contribution in [3.8, 4) is 17.2 Å². The smallest absolute Gasteiger partial charge is 0.319 e. The average molecular weight is 404 g/mol. The highest BCUT2D eigenvalue weighted by atomic mass is 16.5. The predicted octanol–water partition coefficient (Wildman–Crippen LogP) is 2.48. The first-order chi connectivity index (χ1) is 14.0. The van der Waals surface area contributed by atoms with E-state index in [1.165, 1.54) is 21.3 Å². The third-order valence-corrected chi connectivity index (χ3v) is 3.84. The number of aromatic nitrogens is 2. The molecule has 0 unspecified atom stereocenters. The molecule has 2 amide bonds. The van der Waals surface area contributed by atoms with E-state index in [2.05, 4.69) is 31.2 Å². The maximum atomic E-state index is 12.2. The Hall–Kier alpha value is -3.43. The Labute approximate surface area is 170 Å². The van der Waals surface area contributed by atoms with E-state index in [-0.39, 0.29) is 6.03 Å². The number of rotatable bonds is 10. The summed E-state index contributed by atoms with van der Waals surface area (Å²) in [6.07, 6.45) is 0. The maximum absolute atomic E-state index is 12.2. The van der Waals surface area contributed by atoms with E-state index in [0.29, 0.717) is 47.7 Å². The van der Waals surface area contributed by atoms with Crippen LogP contribution in [0.25, 0.3) is 0 Å². The highest BCUT2D eigenvalue weighted by Crippen LogP contribution is 2.39. The molecule has 0 spiro atoms. The summed E-state index contributed by atoms with van der Waals surface area (Å²) in [7, 11) is 4.56. The van der Waals surface area contributed by atoms with Crippen molar-refractivity contribution in [1.29, 1.82) is 0 Å². The first kappa shape index (κ1) is 21.9. The van der Waals surface area contributed by atoms with Crippen molar-refractivity contribution in [3.05, 3.63) is 24.0 Å². The van der Waals surface area contributed by atoms with Crippen molar-refractivity contribution in [2.24, 2.45) is 0 Å². The molecule has 0 radical (unpaired) electrons. The maximum Gasteiger partial charge on any atom is 0.319 e. The van der Waals surface area contributed by atoms with Gasteiger partial charge in [-0.05, 0) is 13.8 Å². The van der Waals surface area contributed by atoms with Crippen molar-refractivity contribution in [3.63, 3.8) is 0 Å². The number of ether oxygens (including phenoxy) is 3. The number of benzene rings is 1. The number of aryl methyl sites for hydroxylation is 1. The molecule has 0 bridgehead atoms. The van der Waals surface area contributed by atoms with Crippen LogP contribution in [-0.4, -0.2) is 57.0 Å². The second-order valence-electron chi connectivity index (χ2n) is 5.94. The Morgan fingerprint density at radius 2 is 1.55 bits per heavy atom. The van der Waals surface area contributed by atoms with Gasteiger partial charge >= 0.3 is 6.03 Å². The molecule has 1 aromatic carbocycles. The predicted molar refractivity (Wildman–Crippen MR) is 113 cm³/mol. The van der Waals surface area contributed by atoms with Gasteiger partial charge < -0.3 is 35.5 Å². The molecule has 29 heavy (non-hydrogen) atoms. The van der Waals surface area contributed by atoms with Crippen molar-refractivity contribution in [1.82, 2.24) is 15.3 Å². The van der Waals surface area contributed by atoms with Crippen LogP contribution < -0.4 is 35.5 Å². The van der Waals surface area contributed by atoms with Gasteiger partial charge in [0.1, 0.15) is 17.5 Å². The van der Waals surface area contributed by atoms with E-state index in [9.17, 15) is 4.79 Å². The summed E-state index contributed by atoms with van der Waals surface area (Å²) in [6.45, 7) is 5.51. The Bertz CT molecular complexity index is 805. The molecule has 1 heterocycles. The molecule has 1 aromatic heterocycles. The fourth-order valence-corrected chi connectivity index (χ4v) is 2.63. The Kier molecular flexibility index (Phi) is 8.13. The molecule has 0 fully saturated rings. The number of methoxy groups -OCH3 is 3. The van der Waals surface area contributed by atoms with Crippen LogP contribution in [0.3, 0.4) is 0 Å². The van der Waals surface area contributed by atoms with Crippen molar-refractivity contribution in [2.45, 2.75) is 13.8 Å². The van der Waals surface area contributed by atoms with Gasteiger partial charge in [-0.1, -0.05) is 0 Å². The number of carbonyl (C=O) groups is 1. The minimum Gasteiger partial charge on any atom is -0.493 e. The quantitative estimate of drug-likeness (QED) is 0.446.